The van der Waals surface area contributed by atoms with E-state index in [0.29, 0.717) is 12.8 Å². The van der Waals surface area contributed by atoms with E-state index < -0.39 is 0 Å². The van der Waals surface area contributed by atoms with Crippen molar-refractivity contribution in [3.8, 4) is 6.07 Å². The first-order chi connectivity index (χ1) is 8.33. The van der Waals surface area contributed by atoms with Crippen LogP contribution < -0.4 is 4.90 Å². The standard InChI is InChI=1S/C14H16N2O/c15-9-3-4-10-16-11-5-8-14(17)12-6-1-2-7-13(12)16/h1-2,6-7H,3-5,8,10-11H2. The number of hydrogen-bond acceptors (Lipinski definition) is 3. The number of unbranched alkanes of at least 4 members (excludes halogenated alkanes) is 1. The van der Waals surface area contributed by atoms with Crippen LogP contribution in [-0.2, 0) is 0 Å². The number of fused-ring (bicyclic) bond motifs is 1. The highest BCUT2D eigenvalue weighted by Crippen LogP contribution is 2.26. The van der Waals surface area contributed by atoms with Gasteiger partial charge in [-0.05, 0) is 25.0 Å². The Labute approximate surface area is 102 Å². The Hall–Kier alpha value is -1.82. The van der Waals surface area contributed by atoms with Crippen molar-refractivity contribution in [1.29, 1.82) is 5.26 Å². The van der Waals surface area contributed by atoms with E-state index in [-0.39, 0.29) is 5.78 Å². The minimum absolute atomic E-state index is 0.239. The van der Waals surface area contributed by atoms with Crippen LogP contribution in [0.5, 0.6) is 0 Å². The van der Waals surface area contributed by atoms with Gasteiger partial charge in [0.25, 0.3) is 0 Å². The highest BCUT2D eigenvalue weighted by molar-refractivity contribution is 6.01. The summed E-state index contributed by atoms with van der Waals surface area (Å²) in [5.74, 6) is 0.239. The quantitative estimate of drug-likeness (QED) is 0.747. The molecule has 1 aromatic carbocycles. The summed E-state index contributed by atoms with van der Waals surface area (Å²) in [6.45, 7) is 1.77. The Morgan fingerprint density at radius 1 is 1.35 bits per heavy atom. The molecule has 0 unspecified atom stereocenters. The van der Waals surface area contributed by atoms with Gasteiger partial charge in [-0.1, -0.05) is 12.1 Å². The molecule has 1 aliphatic rings. The zero-order valence-electron chi connectivity index (χ0n) is 9.85. The summed E-state index contributed by atoms with van der Waals surface area (Å²) >= 11 is 0. The van der Waals surface area contributed by atoms with Crippen molar-refractivity contribution >= 4 is 11.5 Å². The first-order valence-corrected chi connectivity index (χ1v) is 6.07. The number of rotatable bonds is 3. The molecule has 0 saturated heterocycles. The SMILES string of the molecule is N#CCCCN1CCCC(=O)c2ccccc21. The fraction of sp³-hybridized carbons (Fsp3) is 0.429. The lowest BCUT2D eigenvalue weighted by molar-refractivity contribution is 0.0984. The molecule has 0 spiro atoms. The number of hydrogen-bond donors (Lipinski definition) is 0. The Kier molecular flexibility index (Phi) is 3.77. The maximum Gasteiger partial charge on any atom is 0.165 e. The molecule has 88 valence electrons. The van der Waals surface area contributed by atoms with E-state index in [1.807, 2.05) is 24.3 Å². The lowest BCUT2D eigenvalue weighted by Gasteiger charge is -2.23. The first kappa shape index (κ1) is 11.7. The third kappa shape index (κ3) is 2.65. The van der Waals surface area contributed by atoms with E-state index in [2.05, 4.69) is 11.0 Å². The van der Waals surface area contributed by atoms with Gasteiger partial charge in [0.1, 0.15) is 0 Å². The molecule has 0 aliphatic carbocycles. The molecule has 1 heterocycles. The lowest BCUT2D eigenvalue weighted by Crippen LogP contribution is -2.25. The van der Waals surface area contributed by atoms with Crippen LogP contribution in [0.4, 0.5) is 5.69 Å². The zero-order chi connectivity index (χ0) is 12.1. The second kappa shape index (κ2) is 5.49. The number of ketones is 1. The first-order valence-electron chi connectivity index (χ1n) is 6.07. The van der Waals surface area contributed by atoms with Crippen LogP contribution in [-0.4, -0.2) is 18.9 Å². The molecule has 3 nitrogen and oxygen atoms in total. The van der Waals surface area contributed by atoms with Crippen molar-refractivity contribution in [2.24, 2.45) is 0 Å². The Bertz CT molecular complexity index is 448. The van der Waals surface area contributed by atoms with E-state index in [0.717, 1.165) is 37.2 Å². The molecule has 0 N–H and O–H groups in total. The van der Waals surface area contributed by atoms with Crippen molar-refractivity contribution in [2.45, 2.75) is 25.7 Å². The highest BCUT2D eigenvalue weighted by atomic mass is 16.1. The molecule has 1 aromatic rings. The number of anilines is 1. The van der Waals surface area contributed by atoms with Crippen LogP contribution >= 0.6 is 0 Å². The molecule has 0 amide bonds. The minimum Gasteiger partial charge on any atom is -0.371 e. The number of Topliss-reactive ketones (excluding diaryl/α,β-unsaturated/α-hetero) is 1. The summed E-state index contributed by atoms with van der Waals surface area (Å²) in [5.41, 5.74) is 1.87. The number of nitrogens with zero attached hydrogens (tertiary/aromatic N) is 2. The monoisotopic (exact) mass is 228 g/mol. The number of nitriles is 1. The molecule has 0 fully saturated rings. The van der Waals surface area contributed by atoms with Crippen LogP contribution in [0.1, 0.15) is 36.0 Å². The average Bonchev–Trinajstić information content (AvgIpc) is 2.51. The van der Waals surface area contributed by atoms with Gasteiger partial charge in [0.2, 0.25) is 0 Å². The molecule has 0 aromatic heterocycles. The molecule has 1 aliphatic heterocycles. The van der Waals surface area contributed by atoms with E-state index in [1.165, 1.54) is 0 Å². The van der Waals surface area contributed by atoms with Gasteiger partial charge in [0, 0.05) is 37.2 Å². The van der Waals surface area contributed by atoms with Crippen molar-refractivity contribution in [2.75, 3.05) is 18.0 Å². The highest BCUT2D eigenvalue weighted by Gasteiger charge is 2.19. The number of carbonyl (C=O) groups excluding carboxylic acids is 1. The number of carbonyl (C=O) groups is 1. The van der Waals surface area contributed by atoms with Crippen molar-refractivity contribution in [3.05, 3.63) is 29.8 Å². The van der Waals surface area contributed by atoms with E-state index in [9.17, 15) is 4.79 Å². The molecule has 0 saturated carbocycles. The molecular formula is C14H16N2O. The zero-order valence-corrected chi connectivity index (χ0v) is 9.85. The Balaban J connectivity index is 2.20. The maximum absolute atomic E-state index is 11.9. The average molecular weight is 228 g/mol. The van der Waals surface area contributed by atoms with Gasteiger partial charge < -0.3 is 4.90 Å². The number of benzene rings is 1. The molecule has 0 bridgehead atoms. The van der Waals surface area contributed by atoms with Gasteiger partial charge >= 0.3 is 0 Å². The van der Waals surface area contributed by atoms with Gasteiger partial charge in [-0.15, -0.1) is 0 Å². The fourth-order valence-corrected chi connectivity index (χ4v) is 2.25. The Morgan fingerprint density at radius 2 is 2.18 bits per heavy atom. The molecule has 3 heteroatoms. The summed E-state index contributed by atoms with van der Waals surface area (Å²) in [5, 5.41) is 8.57. The van der Waals surface area contributed by atoms with Gasteiger partial charge in [-0.25, -0.2) is 0 Å². The summed E-state index contributed by atoms with van der Waals surface area (Å²) in [6.07, 6.45) is 2.97. The van der Waals surface area contributed by atoms with Gasteiger partial charge in [0.05, 0.1) is 6.07 Å². The smallest absolute Gasteiger partial charge is 0.165 e. The normalized spacial score (nSPS) is 15.0. The fourth-order valence-electron chi connectivity index (χ4n) is 2.25. The van der Waals surface area contributed by atoms with Gasteiger partial charge in [-0.3, -0.25) is 4.79 Å². The summed E-state index contributed by atoms with van der Waals surface area (Å²) < 4.78 is 0. The van der Waals surface area contributed by atoms with Crippen LogP contribution in [0.25, 0.3) is 0 Å². The third-order valence-corrected chi connectivity index (χ3v) is 3.09. The predicted octanol–water partition coefficient (Wildman–Crippen LogP) is 2.77. The van der Waals surface area contributed by atoms with E-state index >= 15 is 0 Å². The largest absolute Gasteiger partial charge is 0.371 e. The Morgan fingerprint density at radius 3 is 3.00 bits per heavy atom. The third-order valence-electron chi connectivity index (χ3n) is 3.09. The summed E-state index contributed by atoms with van der Waals surface area (Å²) in [6, 6.07) is 9.95. The molecule has 17 heavy (non-hydrogen) atoms. The van der Waals surface area contributed by atoms with Crippen LogP contribution in [0.15, 0.2) is 24.3 Å². The number of para-hydroxylation sites is 1. The van der Waals surface area contributed by atoms with E-state index in [4.69, 9.17) is 5.26 Å². The summed E-state index contributed by atoms with van der Waals surface area (Å²) in [4.78, 5) is 14.1. The topological polar surface area (TPSA) is 44.1 Å². The van der Waals surface area contributed by atoms with Crippen LogP contribution in [0.3, 0.4) is 0 Å². The summed E-state index contributed by atoms with van der Waals surface area (Å²) in [7, 11) is 0. The van der Waals surface area contributed by atoms with E-state index in [1.54, 1.807) is 0 Å². The van der Waals surface area contributed by atoms with Gasteiger partial charge in [-0.2, -0.15) is 5.26 Å². The van der Waals surface area contributed by atoms with Crippen molar-refractivity contribution < 1.29 is 4.79 Å². The van der Waals surface area contributed by atoms with Gasteiger partial charge in [0.15, 0.2) is 5.78 Å². The second-order valence-electron chi connectivity index (χ2n) is 4.29. The molecule has 0 radical (unpaired) electrons. The van der Waals surface area contributed by atoms with Crippen LogP contribution in [0.2, 0.25) is 0 Å². The maximum atomic E-state index is 11.9. The van der Waals surface area contributed by atoms with Crippen LogP contribution in [0, 0.1) is 11.3 Å². The molecular weight excluding hydrogens is 212 g/mol. The second-order valence-corrected chi connectivity index (χ2v) is 4.29. The lowest BCUT2D eigenvalue weighted by atomic mass is 10.1. The van der Waals surface area contributed by atoms with Crippen molar-refractivity contribution in [1.82, 2.24) is 0 Å². The minimum atomic E-state index is 0.239. The molecule has 0 atom stereocenters. The van der Waals surface area contributed by atoms with Crippen molar-refractivity contribution in [3.63, 3.8) is 0 Å². The predicted molar refractivity (Wildman–Crippen MR) is 67.1 cm³/mol. The molecule has 2 rings (SSSR count).